The highest BCUT2D eigenvalue weighted by molar-refractivity contribution is 5.78. The molecule has 0 spiro atoms. The van der Waals surface area contributed by atoms with Crippen LogP contribution in [0.4, 0.5) is 14.9 Å². The van der Waals surface area contributed by atoms with Crippen molar-refractivity contribution in [2.45, 2.75) is 65.4 Å². The van der Waals surface area contributed by atoms with E-state index in [4.69, 9.17) is 4.74 Å². The largest absolute Gasteiger partial charge is 0.444 e. The van der Waals surface area contributed by atoms with Gasteiger partial charge in [0.15, 0.2) is 5.67 Å². The van der Waals surface area contributed by atoms with E-state index in [1.165, 1.54) is 21.6 Å². The average molecular weight is 411 g/mol. The molecule has 2 aliphatic rings. The summed E-state index contributed by atoms with van der Waals surface area (Å²) < 4.78 is 22.0. The van der Waals surface area contributed by atoms with E-state index in [1.54, 1.807) is 0 Å². The number of rotatable bonds is 1. The molecule has 0 aromatic heterocycles. The van der Waals surface area contributed by atoms with Gasteiger partial charge in [0.25, 0.3) is 0 Å². The molecule has 2 aromatic rings. The highest BCUT2D eigenvalue weighted by Gasteiger charge is 2.59. The number of likely N-dealkylation sites (N-methyl/N-ethyl adjacent to an activating group) is 1. The van der Waals surface area contributed by atoms with Crippen molar-refractivity contribution >= 4 is 11.8 Å². The molecule has 5 heteroatoms. The van der Waals surface area contributed by atoms with Crippen molar-refractivity contribution < 1.29 is 13.9 Å². The number of aryl methyl sites for hydroxylation is 3. The van der Waals surface area contributed by atoms with Crippen LogP contribution >= 0.6 is 0 Å². The molecule has 0 N–H and O–H groups in total. The molecule has 0 bridgehead atoms. The maximum Gasteiger partial charge on any atom is 0.412 e. The van der Waals surface area contributed by atoms with E-state index in [2.05, 4.69) is 39.0 Å². The topological polar surface area (TPSA) is 32.8 Å². The third-order valence-corrected chi connectivity index (χ3v) is 6.21. The van der Waals surface area contributed by atoms with Crippen LogP contribution in [0, 0.1) is 20.8 Å². The van der Waals surface area contributed by atoms with Gasteiger partial charge in [0.05, 0.1) is 0 Å². The average Bonchev–Trinajstić information content (AvgIpc) is 3.06. The Morgan fingerprint density at radius 1 is 1.13 bits per heavy atom. The number of amides is 1. The first-order chi connectivity index (χ1) is 13.9. The Labute approximate surface area is 178 Å². The molecular weight excluding hydrogens is 379 g/mol. The molecule has 2 aliphatic heterocycles. The first-order valence-corrected chi connectivity index (χ1v) is 10.6. The molecule has 2 atom stereocenters. The number of ether oxygens (including phenoxy) is 1. The quantitative estimate of drug-likeness (QED) is 0.590. The van der Waals surface area contributed by atoms with Crippen molar-refractivity contribution in [3.63, 3.8) is 0 Å². The summed E-state index contributed by atoms with van der Waals surface area (Å²) in [5.41, 5.74) is 5.04. The molecule has 0 radical (unpaired) electrons. The summed E-state index contributed by atoms with van der Waals surface area (Å²) in [5.74, 6) is 0. The summed E-state index contributed by atoms with van der Waals surface area (Å²) >= 11 is 0. The summed E-state index contributed by atoms with van der Waals surface area (Å²) in [6.45, 7) is 12.1. The minimum atomic E-state index is -1.61. The van der Waals surface area contributed by atoms with Crippen molar-refractivity contribution in [2.24, 2.45) is 0 Å². The minimum absolute atomic E-state index is 0.267. The molecule has 0 unspecified atom stereocenters. The molecule has 4 rings (SSSR count). The van der Waals surface area contributed by atoms with Gasteiger partial charge < -0.3 is 9.64 Å². The van der Waals surface area contributed by atoms with E-state index in [0.29, 0.717) is 12.1 Å². The van der Waals surface area contributed by atoms with Gasteiger partial charge in [0.2, 0.25) is 0 Å². The van der Waals surface area contributed by atoms with E-state index >= 15 is 4.39 Å². The van der Waals surface area contributed by atoms with E-state index in [9.17, 15) is 4.79 Å². The van der Waals surface area contributed by atoms with Gasteiger partial charge in [0, 0.05) is 31.3 Å². The second-order valence-electron chi connectivity index (χ2n) is 9.78. The lowest BCUT2D eigenvalue weighted by molar-refractivity contribution is 0.0139. The molecular formula is C25H31FN2O2. The monoisotopic (exact) mass is 410 g/mol. The minimum Gasteiger partial charge on any atom is -0.444 e. The molecule has 4 nitrogen and oxygen atoms in total. The van der Waals surface area contributed by atoms with Crippen LogP contribution in [0.2, 0.25) is 0 Å². The van der Waals surface area contributed by atoms with Crippen molar-refractivity contribution in [2.75, 3.05) is 18.5 Å². The number of likely N-dealkylation sites (tertiary alicyclic amines) is 1. The van der Waals surface area contributed by atoms with E-state index in [-0.39, 0.29) is 6.42 Å². The third kappa shape index (κ3) is 3.15. The summed E-state index contributed by atoms with van der Waals surface area (Å²) in [6, 6.07) is 10.3. The molecule has 0 saturated carbocycles. The number of nitrogens with zero attached hydrogens (tertiary/aromatic N) is 2. The zero-order valence-electron chi connectivity index (χ0n) is 19.0. The fraction of sp³-hybridized carbons (Fsp3) is 0.480. The van der Waals surface area contributed by atoms with Crippen LogP contribution in [0.25, 0.3) is 11.1 Å². The Hall–Kier alpha value is -2.56. The van der Waals surface area contributed by atoms with Crippen LogP contribution in [0.3, 0.4) is 0 Å². The van der Waals surface area contributed by atoms with Gasteiger partial charge in [-0.25, -0.2) is 9.18 Å². The number of halogens is 1. The Bertz CT molecular complexity index is 1000. The molecule has 160 valence electrons. The van der Waals surface area contributed by atoms with Crippen LogP contribution in [-0.2, 0) is 10.4 Å². The fourth-order valence-corrected chi connectivity index (χ4v) is 5.18. The highest BCUT2D eigenvalue weighted by atomic mass is 19.1. The van der Waals surface area contributed by atoms with Crippen molar-refractivity contribution in [3.8, 4) is 11.1 Å². The lowest BCUT2D eigenvalue weighted by Gasteiger charge is -2.33. The Balaban J connectivity index is 1.75. The van der Waals surface area contributed by atoms with Gasteiger partial charge >= 0.3 is 6.09 Å². The van der Waals surface area contributed by atoms with Gasteiger partial charge in [-0.3, -0.25) is 4.90 Å². The number of fused-ring (bicyclic) bond motifs is 3. The maximum atomic E-state index is 16.5. The highest BCUT2D eigenvalue weighted by Crippen LogP contribution is 2.53. The molecule has 1 fully saturated rings. The first kappa shape index (κ1) is 20.7. The normalized spacial score (nSPS) is 22.9. The smallest absolute Gasteiger partial charge is 0.412 e. The van der Waals surface area contributed by atoms with Crippen LogP contribution < -0.4 is 4.90 Å². The van der Waals surface area contributed by atoms with Crippen LogP contribution in [0.5, 0.6) is 0 Å². The zero-order valence-corrected chi connectivity index (χ0v) is 19.0. The van der Waals surface area contributed by atoms with Crippen molar-refractivity contribution in [3.05, 3.63) is 52.6 Å². The van der Waals surface area contributed by atoms with E-state index < -0.39 is 23.5 Å². The number of carbonyl (C=O) groups is 1. The number of benzene rings is 2. The SMILES string of the molecule is Cc1cc(C)c(-c2ccc3c(c2)[C@]2(F)CCN(C(=O)OC(C)(C)C)[C@@H]2N3C)c(C)c1. The van der Waals surface area contributed by atoms with Gasteiger partial charge in [-0.1, -0.05) is 23.8 Å². The first-order valence-electron chi connectivity index (χ1n) is 10.6. The fourth-order valence-electron chi connectivity index (χ4n) is 5.18. The number of hydrogen-bond acceptors (Lipinski definition) is 3. The molecule has 0 aliphatic carbocycles. The molecule has 2 aromatic carbocycles. The van der Waals surface area contributed by atoms with Crippen molar-refractivity contribution in [1.29, 1.82) is 0 Å². The van der Waals surface area contributed by atoms with Gasteiger partial charge in [-0.05, 0) is 75.9 Å². The summed E-state index contributed by atoms with van der Waals surface area (Å²) in [6.07, 6.45) is -0.876. The van der Waals surface area contributed by atoms with E-state index in [1.807, 2.05) is 44.9 Å². The number of alkyl halides is 1. The van der Waals surface area contributed by atoms with Gasteiger partial charge in [-0.15, -0.1) is 0 Å². The lowest BCUT2D eigenvalue weighted by Crippen LogP contribution is -2.50. The molecule has 1 saturated heterocycles. The zero-order chi connectivity index (χ0) is 22.0. The standard InChI is InChI=1S/C25H31FN2O2/c1-15-12-16(2)21(17(3)13-15)18-8-9-20-19(14-18)25(26)10-11-28(22(25)27(20)7)23(29)30-24(4,5)6/h8-9,12-14,22H,10-11H2,1-7H3/t22-,25+/m0/s1. The molecule has 2 heterocycles. The second kappa shape index (κ2) is 6.73. The Kier molecular flexibility index (Phi) is 4.64. The van der Waals surface area contributed by atoms with Crippen molar-refractivity contribution in [1.82, 2.24) is 4.90 Å². The lowest BCUT2D eigenvalue weighted by atomic mass is 9.89. The second-order valence-corrected chi connectivity index (χ2v) is 9.78. The Morgan fingerprint density at radius 2 is 1.77 bits per heavy atom. The molecule has 30 heavy (non-hydrogen) atoms. The molecule has 1 amide bonds. The predicted molar refractivity (Wildman–Crippen MR) is 119 cm³/mol. The van der Waals surface area contributed by atoms with Crippen LogP contribution in [0.1, 0.15) is 49.4 Å². The summed E-state index contributed by atoms with van der Waals surface area (Å²) in [7, 11) is 1.86. The number of hydrogen-bond donors (Lipinski definition) is 0. The van der Waals surface area contributed by atoms with E-state index in [0.717, 1.165) is 16.8 Å². The van der Waals surface area contributed by atoms with Gasteiger partial charge in [0.1, 0.15) is 11.8 Å². The summed E-state index contributed by atoms with van der Waals surface area (Å²) in [5, 5.41) is 0. The van der Waals surface area contributed by atoms with Crippen LogP contribution in [-0.4, -0.2) is 36.4 Å². The Morgan fingerprint density at radius 3 is 2.37 bits per heavy atom. The number of anilines is 1. The summed E-state index contributed by atoms with van der Waals surface area (Å²) in [4.78, 5) is 16.2. The third-order valence-electron chi connectivity index (χ3n) is 6.21. The van der Waals surface area contributed by atoms with Crippen LogP contribution in [0.15, 0.2) is 30.3 Å². The number of carbonyl (C=O) groups excluding carboxylic acids is 1. The predicted octanol–water partition coefficient (Wildman–Crippen LogP) is 5.86. The van der Waals surface area contributed by atoms with Gasteiger partial charge in [-0.2, -0.15) is 0 Å². The maximum absolute atomic E-state index is 16.5.